The Bertz CT molecular complexity index is 555. The van der Waals surface area contributed by atoms with E-state index in [1.165, 1.54) is 6.92 Å². The van der Waals surface area contributed by atoms with Gasteiger partial charge in [0.05, 0.1) is 11.2 Å². The molecule has 0 unspecified atom stereocenters. The molecular formula is C18H28N2O3. The summed E-state index contributed by atoms with van der Waals surface area (Å²) in [4.78, 5) is 11.1. The van der Waals surface area contributed by atoms with Crippen LogP contribution in [0.4, 0.5) is 5.69 Å². The highest BCUT2D eigenvalue weighted by atomic mass is 16.5. The maximum Gasteiger partial charge on any atom is 0.221 e. The van der Waals surface area contributed by atoms with Crippen LogP contribution in [0.15, 0.2) is 24.3 Å². The highest BCUT2D eigenvalue weighted by Crippen LogP contribution is 2.37. The molecule has 0 bridgehead atoms. The van der Waals surface area contributed by atoms with Crippen LogP contribution < -0.4 is 15.4 Å². The smallest absolute Gasteiger partial charge is 0.221 e. The molecule has 1 aliphatic rings. The van der Waals surface area contributed by atoms with Crippen molar-refractivity contribution in [1.29, 1.82) is 0 Å². The fourth-order valence-corrected chi connectivity index (χ4v) is 3.15. The molecule has 0 radical (unpaired) electrons. The molecule has 1 saturated heterocycles. The molecule has 1 atom stereocenters. The van der Waals surface area contributed by atoms with Crippen LogP contribution in [0.25, 0.3) is 0 Å². The molecule has 2 N–H and O–H groups in total. The summed E-state index contributed by atoms with van der Waals surface area (Å²) >= 11 is 0. The molecule has 0 spiro atoms. The van der Waals surface area contributed by atoms with Gasteiger partial charge in [0.25, 0.3) is 0 Å². The van der Waals surface area contributed by atoms with Gasteiger partial charge in [-0.1, -0.05) is 6.07 Å². The molecular weight excluding hydrogens is 292 g/mol. The summed E-state index contributed by atoms with van der Waals surface area (Å²) in [6.45, 7) is 11.3. The maximum atomic E-state index is 11.1. The molecule has 0 aromatic heterocycles. The van der Waals surface area contributed by atoms with Crippen LogP contribution in [0.5, 0.6) is 5.75 Å². The van der Waals surface area contributed by atoms with Gasteiger partial charge in [0.2, 0.25) is 5.91 Å². The van der Waals surface area contributed by atoms with Crippen molar-refractivity contribution in [2.45, 2.75) is 58.3 Å². The Morgan fingerprint density at radius 2 is 2.09 bits per heavy atom. The summed E-state index contributed by atoms with van der Waals surface area (Å²) in [5.74, 6) is 0.662. The fraction of sp³-hybridized carbons (Fsp3) is 0.611. The van der Waals surface area contributed by atoms with Crippen LogP contribution in [-0.2, 0) is 9.53 Å². The van der Waals surface area contributed by atoms with Gasteiger partial charge in [0.15, 0.2) is 0 Å². The third-order valence-electron chi connectivity index (χ3n) is 3.99. The predicted octanol–water partition coefficient (Wildman–Crippen LogP) is 2.96. The number of amides is 1. The van der Waals surface area contributed by atoms with Crippen LogP contribution in [0.1, 0.15) is 41.0 Å². The Kier molecular flexibility index (Phi) is 5.32. The Labute approximate surface area is 138 Å². The first-order valence-electron chi connectivity index (χ1n) is 8.12. The molecule has 1 aromatic carbocycles. The lowest BCUT2D eigenvalue weighted by Crippen LogP contribution is -2.44. The molecule has 0 aliphatic carbocycles. The van der Waals surface area contributed by atoms with E-state index in [1.54, 1.807) is 0 Å². The average Bonchev–Trinajstić information content (AvgIpc) is 2.62. The third-order valence-corrected chi connectivity index (χ3v) is 3.99. The van der Waals surface area contributed by atoms with Crippen LogP contribution in [0, 0.1) is 0 Å². The topological polar surface area (TPSA) is 59.6 Å². The lowest BCUT2D eigenvalue weighted by atomic mass is 9.94. The standard InChI is InChI=1S/C18H28N2O3/c1-13(21)20-14-7-6-8-15(11-14)22-10-9-19-16-12-17(2,3)23-18(16,4)5/h6-8,11,16,19H,9-10,12H2,1-5H3,(H,20,21)/t16-/m0/s1. The quantitative estimate of drug-likeness (QED) is 0.791. The minimum absolute atomic E-state index is 0.0881. The zero-order valence-electron chi connectivity index (χ0n) is 14.7. The van der Waals surface area contributed by atoms with Crippen LogP contribution >= 0.6 is 0 Å². The van der Waals surface area contributed by atoms with Crippen molar-refractivity contribution < 1.29 is 14.3 Å². The lowest BCUT2D eigenvalue weighted by molar-refractivity contribution is -0.114. The van der Waals surface area contributed by atoms with E-state index in [4.69, 9.17) is 9.47 Å². The monoisotopic (exact) mass is 320 g/mol. The van der Waals surface area contributed by atoms with Crippen molar-refractivity contribution in [3.63, 3.8) is 0 Å². The number of anilines is 1. The number of ether oxygens (including phenoxy) is 2. The molecule has 128 valence electrons. The minimum Gasteiger partial charge on any atom is -0.492 e. The van der Waals surface area contributed by atoms with Crippen molar-refractivity contribution in [2.75, 3.05) is 18.5 Å². The number of nitrogens with one attached hydrogen (secondary N) is 2. The number of hydrogen-bond donors (Lipinski definition) is 2. The molecule has 0 saturated carbocycles. The summed E-state index contributed by atoms with van der Waals surface area (Å²) in [6.07, 6.45) is 0.984. The van der Waals surface area contributed by atoms with E-state index in [1.807, 2.05) is 24.3 Å². The van der Waals surface area contributed by atoms with Gasteiger partial charge in [0.1, 0.15) is 12.4 Å². The summed E-state index contributed by atoms with van der Waals surface area (Å²) < 4.78 is 11.8. The van der Waals surface area contributed by atoms with E-state index in [0.29, 0.717) is 12.6 Å². The Hall–Kier alpha value is -1.59. The van der Waals surface area contributed by atoms with E-state index >= 15 is 0 Å². The summed E-state index contributed by atoms with van der Waals surface area (Å²) in [6, 6.07) is 7.73. The first-order chi connectivity index (χ1) is 10.7. The predicted molar refractivity (Wildman–Crippen MR) is 91.9 cm³/mol. The molecule has 23 heavy (non-hydrogen) atoms. The second kappa shape index (κ2) is 6.89. The van der Waals surface area contributed by atoms with Gasteiger partial charge in [-0.15, -0.1) is 0 Å². The summed E-state index contributed by atoms with van der Waals surface area (Å²) in [5.41, 5.74) is 0.485. The number of hydrogen-bond acceptors (Lipinski definition) is 4. The Morgan fingerprint density at radius 3 is 2.70 bits per heavy atom. The molecule has 2 rings (SSSR count). The van der Waals surface area contributed by atoms with Gasteiger partial charge < -0.3 is 20.1 Å². The van der Waals surface area contributed by atoms with Crippen LogP contribution in [0.2, 0.25) is 0 Å². The second-order valence-electron chi connectivity index (χ2n) is 7.23. The van der Waals surface area contributed by atoms with Gasteiger partial charge in [0, 0.05) is 31.3 Å². The van der Waals surface area contributed by atoms with Crippen molar-refractivity contribution in [3.05, 3.63) is 24.3 Å². The van der Waals surface area contributed by atoms with Crippen molar-refractivity contribution in [3.8, 4) is 5.75 Å². The average molecular weight is 320 g/mol. The van der Waals surface area contributed by atoms with E-state index in [2.05, 4.69) is 38.3 Å². The molecule has 1 fully saturated rings. The number of rotatable bonds is 6. The number of carbonyl (C=O) groups excluding carboxylic acids is 1. The second-order valence-corrected chi connectivity index (χ2v) is 7.23. The number of carbonyl (C=O) groups is 1. The molecule has 1 aliphatic heterocycles. The van der Waals surface area contributed by atoms with Crippen molar-refractivity contribution >= 4 is 11.6 Å². The fourth-order valence-electron chi connectivity index (χ4n) is 3.15. The van der Waals surface area contributed by atoms with Crippen molar-refractivity contribution in [1.82, 2.24) is 5.32 Å². The highest BCUT2D eigenvalue weighted by Gasteiger charge is 2.45. The zero-order valence-corrected chi connectivity index (χ0v) is 14.7. The molecule has 1 heterocycles. The minimum atomic E-state index is -0.172. The van der Waals surface area contributed by atoms with Crippen LogP contribution in [-0.4, -0.2) is 36.3 Å². The number of benzene rings is 1. The third kappa shape index (κ3) is 5.22. The maximum absolute atomic E-state index is 11.1. The van der Waals surface area contributed by atoms with E-state index in [0.717, 1.165) is 24.4 Å². The normalized spacial score (nSPS) is 21.9. The lowest BCUT2D eigenvalue weighted by Gasteiger charge is -2.27. The van der Waals surface area contributed by atoms with Gasteiger partial charge >= 0.3 is 0 Å². The van der Waals surface area contributed by atoms with Gasteiger partial charge in [-0.25, -0.2) is 0 Å². The van der Waals surface area contributed by atoms with E-state index in [-0.39, 0.29) is 17.1 Å². The SMILES string of the molecule is CC(=O)Nc1cccc(OCCN[C@H]2CC(C)(C)OC2(C)C)c1. The van der Waals surface area contributed by atoms with E-state index in [9.17, 15) is 4.79 Å². The van der Waals surface area contributed by atoms with Gasteiger partial charge in [-0.2, -0.15) is 0 Å². The van der Waals surface area contributed by atoms with Crippen LogP contribution in [0.3, 0.4) is 0 Å². The Morgan fingerprint density at radius 1 is 1.35 bits per heavy atom. The van der Waals surface area contributed by atoms with Gasteiger partial charge in [-0.3, -0.25) is 4.79 Å². The van der Waals surface area contributed by atoms with E-state index < -0.39 is 0 Å². The molecule has 1 aromatic rings. The first-order valence-corrected chi connectivity index (χ1v) is 8.12. The molecule has 1 amide bonds. The molecule has 5 heteroatoms. The molecule has 5 nitrogen and oxygen atoms in total. The zero-order chi connectivity index (χ0) is 17.1. The van der Waals surface area contributed by atoms with Crippen molar-refractivity contribution in [2.24, 2.45) is 0 Å². The summed E-state index contributed by atoms with van der Waals surface area (Å²) in [7, 11) is 0. The van der Waals surface area contributed by atoms with Gasteiger partial charge in [-0.05, 0) is 46.2 Å². The largest absolute Gasteiger partial charge is 0.492 e. The summed E-state index contributed by atoms with van der Waals surface area (Å²) in [5, 5.41) is 6.27. The Balaban J connectivity index is 1.79. The first kappa shape index (κ1) is 17.8. The highest BCUT2D eigenvalue weighted by molar-refractivity contribution is 5.88.